The number of rotatable bonds is 11. The van der Waals surface area contributed by atoms with E-state index >= 15 is 0 Å². The lowest BCUT2D eigenvalue weighted by Crippen LogP contribution is -2.28. The van der Waals surface area contributed by atoms with Crippen LogP contribution in [0, 0.1) is 0 Å². The van der Waals surface area contributed by atoms with Crippen LogP contribution in [0.3, 0.4) is 0 Å². The molecular formula is C98H60N2S4. The minimum absolute atomic E-state index is 0.547. The second-order valence-electron chi connectivity index (χ2n) is 27.6. The molecule has 4 heterocycles. The zero-order valence-electron chi connectivity index (χ0n) is 56.2. The van der Waals surface area contributed by atoms with Crippen molar-refractivity contribution >= 4 is 160 Å². The van der Waals surface area contributed by atoms with Crippen LogP contribution in [0.15, 0.2) is 364 Å². The van der Waals surface area contributed by atoms with Crippen molar-refractivity contribution in [1.82, 2.24) is 0 Å². The number of hydrogen-bond acceptors (Lipinski definition) is 6. The summed E-state index contributed by atoms with van der Waals surface area (Å²) in [5.41, 5.74) is 23.1. The molecule has 2 aliphatic carbocycles. The molecule has 4 aromatic heterocycles. The molecule has 0 saturated carbocycles. The van der Waals surface area contributed by atoms with Crippen molar-refractivity contribution in [2.24, 2.45) is 0 Å². The summed E-state index contributed by atoms with van der Waals surface area (Å²) in [5, 5.41) is 10.2. The quantitative estimate of drug-likeness (QED) is 0.127. The minimum Gasteiger partial charge on any atom is -0.310 e. The fourth-order valence-electron chi connectivity index (χ4n) is 18.1. The molecule has 104 heavy (non-hydrogen) atoms. The first-order chi connectivity index (χ1) is 51.6. The van der Waals surface area contributed by atoms with Crippen molar-refractivity contribution in [2.45, 2.75) is 10.8 Å². The van der Waals surface area contributed by atoms with Crippen molar-refractivity contribution in [3.8, 4) is 33.4 Å². The van der Waals surface area contributed by atoms with Gasteiger partial charge in [0.15, 0.2) is 0 Å². The van der Waals surface area contributed by atoms with Crippen LogP contribution >= 0.6 is 45.3 Å². The monoisotopic (exact) mass is 1390 g/mol. The van der Waals surface area contributed by atoms with E-state index in [9.17, 15) is 0 Å². The van der Waals surface area contributed by atoms with E-state index in [0.29, 0.717) is 0 Å². The highest BCUT2D eigenvalue weighted by Crippen LogP contribution is 2.63. The maximum Gasteiger partial charge on any atom is 0.0714 e. The van der Waals surface area contributed by atoms with Crippen molar-refractivity contribution < 1.29 is 0 Å². The van der Waals surface area contributed by atoms with Gasteiger partial charge in [0, 0.05) is 109 Å². The Hall–Kier alpha value is -12.0. The van der Waals surface area contributed by atoms with E-state index in [0.717, 1.165) is 28.4 Å². The Morgan fingerprint density at radius 1 is 0.202 bits per heavy atom. The summed E-state index contributed by atoms with van der Waals surface area (Å²) in [7, 11) is 0. The molecule has 0 amide bonds. The highest BCUT2D eigenvalue weighted by molar-refractivity contribution is 7.27. The van der Waals surface area contributed by atoms with Crippen molar-refractivity contribution in [3.05, 3.63) is 408 Å². The normalized spacial score (nSPS) is 14.3. The third-order valence-electron chi connectivity index (χ3n) is 22.4. The third-order valence-corrected chi connectivity index (χ3v) is 27.0. The van der Waals surface area contributed by atoms with Crippen molar-refractivity contribution in [2.75, 3.05) is 9.80 Å². The van der Waals surface area contributed by atoms with Crippen LogP contribution in [0.2, 0.25) is 0 Å². The number of nitrogens with zero attached hydrogens (tertiary/aromatic N) is 2. The van der Waals surface area contributed by atoms with Gasteiger partial charge in [-0.3, -0.25) is 0 Å². The van der Waals surface area contributed by atoms with Crippen molar-refractivity contribution in [1.29, 1.82) is 0 Å². The molecule has 0 radical (unpaired) electrons. The molecule has 2 nitrogen and oxygen atoms in total. The lowest BCUT2D eigenvalue weighted by atomic mass is 9.67. The minimum atomic E-state index is -0.650. The predicted molar refractivity (Wildman–Crippen MR) is 447 cm³/mol. The molecule has 0 aliphatic heterocycles. The lowest BCUT2D eigenvalue weighted by Gasteiger charge is -2.34. The van der Waals surface area contributed by atoms with Crippen LogP contribution in [0.25, 0.3) is 114 Å². The molecule has 16 aromatic carbocycles. The Bertz CT molecular complexity index is 6840. The Kier molecular flexibility index (Phi) is 13.3. The van der Waals surface area contributed by atoms with E-state index in [-0.39, 0.29) is 0 Å². The average Bonchev–Trinajstić information content (AvgIpc) is 1.53. The zero-order chi connectivity index (χ0) is 68.2. The molecule has 0 bridgehead atoms. The van der Waals surface area contributed by atoms with Crippen molar-refractivity contribution in [3.63, 3.8) is 0 Å². The van der Waals surface area contributed by atoms with Gasteiger partial charge in [0.05, 0.1) is 27.9 Å². The summed E-state index contributed by atoms with van der Waals surface area (Å²) in [6, 6.07) is 138. The Balaban J connectivity index is 0.686. The van der Waals surface area contributed by atoms with Crippen LogP contribution < -0.4 is 9.80 Å². The van der Waals surface area contributed by atoms with Gasteiger partial charge >= 0.3 is 0 Å². The summed E-state index contributed by atoms with van der Waals surface area (Å²) in [6.07, 6.45) is 0. The Morgan fingerprint density at radius 2 is 0.567 bits per heavy atom. The van der Waals surface area contributed by atoms with Crippen LogP contribution in [0.1, 0.15) is 44.5 Å². The molecule has 22 rings (SSSR count). The molecule has 0 fully saturated rings. The summed E-state index contributed by atoms with van der Waals surface area (Å²) in [5.74, 6) is 0. The van der Waals surface area contributed by atoms with E-state index in [4.69, 9.17) is 0 Å². The maximum absolute atomic E-state index is 2.58. The summed E-state index contributed by atoms with van der Waals surface area (Å²) in [4.78, 5) is 5.13. The number of benzene rings is 16. The molecular weight excluding hydrogens is 1330 g/mol. The lowest BCUT2D eigenvalue weighted by molar-refractivity contribution is 0.768. The largest absolute Gasteiger partial charge is 0.310 e. The SMILES string of the molecule is c1ccc(C2(c3ccccc3)c3ccccc3-c3c(N(c4ccc5c(c4)sc4cc(-c6ccc(C7(c8ccccc8)c8ccccc8-c8c(N(c9ccc%10sc%11ccccc%11c%10c9)c9cccc%10sc%11ccccc%11c9%10)cccc87)cc6)ccc45)c4ccc5sc6ccccc6c5c4)cccc32)cc1. The van der Waals surface area contributed by atoms with Crippen LogP contribution in [-0.4, -0.2) is 0 Å². The molecule has 2 aliphatic rings. The zero-order valence-corrected chi connectivity index (χ0v) is 59.4. The molecule has 0 N–H and O–H groups in total. The summed E-state index contributed by atoms with van der Waals surface area (Å²) in [6.45, 7) is 0. The van der Waals surface area contributed by atoms with Crippen LogP contribution in [0.4, 0.5) is 34.1 Å². The van der Waals surface area contributed by atoms with Gasteiger partial charge in [-0.25, -0.2) is 0 Å². The molecule has 1 atom stereocenters. The first-order valence-corrected chi connectivity index (χ1v) is 38.9. The molecule has 0 spiro atoms. The van der Waals surface area contributed by atoms with Gasteiger partial charge in [0.25, 0.3) is 0 Å². The molecule has 20 aromatic rings. The van der Waals surface area contributed by atoms with E-state index in [1.54, 1.807) is 0 Å². The highest BCUT2D eigenvalue weighted by atomic mass is 32.1. The van der Waals surface area contributed by atoms with E-state index in [1.165, 1.54) is 164 Å². The topological polar surface area (TPSA) is 6.48 Å². The smallest absolute Gasteiger partial charge is 0.0714 e. The van der Waals surface area contributed by atoms with Gasteiger partial charge in [-0.05, 0) is 164 Å². The summed E-state index contributed by atoms with van der Waals surface area (Å²) >= 11 is 7.49. The second-order valence-corrected chi connectivity index (χ2v) is 32.0. The molecule has 0 saturated heterocycles. The molecule has 6 heteroatoms. The highest BCUT2D eigenvalue weighted by Gasteiger charge is 2.49. The first-order valence-electron chi connectivity index (χ1n) is 35.6. The first kappa shape index (κ1) is 59.7. The third kappa shape index (κ3) is 8.65. The number of hydrogen-bond donors (Lipinski definition) is 0. The molecule has 486 valence electrons. The fourth-order valence-corrected chi connectivity index (χ4v) is 22.6. The number of thiophene rings is 4. The Labute approximate surface area is 617 Å². The maximum atomic E-state index is 2.58. The predicted octanol–water partition coefficient (Wildman–Crippen LogP) is 28.5. The van der Waals surface area contributed by atoms with Gasteiger partial charge in [0.2, 0.25) is 0 Å². The standard InChI is InChI=1S/C98H60N2S4/c1-4-23-63(24-5-1)97(64-25-6-2-7-26-64)79-34-15-10-31-74(79)94-81(97)36-20-38-83(94)99(67-51-55-89-77(58-67)70-29-12-17-41-86(70)101-89)69-50-54-73-72-53-47-62(57-92(72)104-93(73)60-69)61-45-48-66(49-46-61)98(65-27-8-3-9-28-65)80-35-16-11-32-75(80)95-82(98)37-21-39-84(95)100(68-52-56-90-78(59-68)71-30-13-18-42-87(71)102-90)85-40-22-44-91-96(85)76-33-14-19-43-88(76)103-91/h1-60H. The van der Waals surface area contributed by atoms with E-state index < -0.39 is 10.8 Å². The van der Waals surface area contributed by atoms with Crippen LogP contribution in [-0.2, 0) is 10.8 Å². The number of anilines is 6. The number of fused-ring (bicyclic) bond motifs is 18. The van der Waals surface area contributed by atoms with Crippen LogP contribution in [0.5, 0.6) is 0 Å². The molecule has 1 unspecified atom stereocenters. The van der Waals surface area contributed by atoms with E-state index in [1.807, 2.05) is 45.3 Å². The second kappa shape index (κ2) is 23.3. The fraction of sp³-hybridized carbons (Fsp3) is 0.0204. The van der Waals surface area contributed by atoms with Gasteiger partial charge in [-0.15, -0.1) is 45.3 Å². The summed E-state index contributed by atoms with van der Waals surface area (Å²) < 4.78 is 10.2. The van der Waals surface area contributed by atoms with Gasteiger partial charge in [-0.1, -0.05) is 267 Å². The van der Waals surface area contributed by atoms with Gasteiger partial charge < -0.3 is 9.80 Å². The van der Waals surface area contributed by atoms with Gasteiger partial charge in [-0.2, -0.15) is 0 Å². The Morgan fingerprint density at radius 3 is 1.14 bits per heavy atom. The average molecular weight is 1390 g/mol. The van der Waals surface area contributed by atoms with E-state index in [2.05, 4.69) is 374 Å². The van der Waals surface area contributed by atoms with Gasteiger partial charge in [0.1, 0.15) is 0 Å².